The van der Waals surface area contributed by atoms with Crippen molar-refractivity contribution in [2.45, 2.75) is 26.4 Å². The molecule has 0 radical (unpaired) electrons. The maximum absolute atomic E-state index is 4.33. The van der Waals surface area contributed by atoms with Crippen LogP contribution in [0.25, 0.3) is 0 Å². The highest BCUT2D eigenvalue weighted by Gasteiger charge is 2.05. The third-order valence-electron chi connectivity index (χ3n) is 2.79. The zero-order valence-corrected chi connectivity index (χ0v) is 12.1. The van der Waals surface area contributed by atoms with E-state index in [0.29, 0.717) is 6.04 Å². The second-order valence-electron chi connectivity index (χ2n) is 4.30. The zero-order valence-electron chi connectivity index (χ0n) is 10.5. The minimum Gasteiger partial charge on any atom is -0.305 e. The molecule has 3 nitrogen and oxygen atoms in total. The van der Waals surface area contributed by atoms with Crippen molar-refractivity contribution in [3.05, 3.63) is 58.1 Å². The Bertz CT molecular complexity index is 493. The summed E-state index contributed by atoms with van der Waals surface area (Å²) in [4.78, 5) is 8.56. The number of aromatic nitrogens is 2. The van der Waals surface area contributed by atoms with Gasteiger partial charge in [0.2, 0.25) is 0 Å². The summed E-state index contributed by atoms with van der Waals surface area (Å²) < 4.78 is 1.10. The zero-order chi connectivity index (χ0) is 13.0. The van der Waals surface area contributed by atoms with Crippen molar-refractivity contribution < 1.29 is 0 Å². The van der Waals surface area contributed by atoms with E-state index in [1.807, 2.05) is 13.1 Å². The molecule has 94 valence electrons. The molecule has 1 N–H and O–H groups in total. The van der Waals surface area contributed by atoms with Gasteiger partial charge in [0.1, 0.15) is 0 Å². The molecule has 2 rings (SSSR count). The molecule has 1 aromatic carbocycles. The van der Waals surface area contributed by atoms with Crippen molar-refractivity contribution in [3.63, 3.8) is 0 Å². The quantitative estimate of drug-likeness (QED) is 0.941. The minimum absolute atomic E-state index is 0.293. The van der Waals surface area contributed by atoms with Crippen molar-refractivity contribution in [2.75, 3.05) is 0 Å². The molecule has 1 atom stereocenters. The van der Waals surface area contributed by atoms with E-state index in [4.69, 9.17) is 0 Å². The van der Waals surface area contributed by atoms with Gasteiger partial charge < -0.3 is 5.32 Å². The minimum atomic E-state index is 0.293. The number of nitrogens with zero attached hydrogens (tertiary/aromatic N) is 2. The monoisotopic (exact) mass is 305 g/mol. The maximum atomic E-state index is 4.33. The maximum Gasteiger partial charge on any atom is 0.0724 e. The SMILES string of the molecule is Cc1cnc(CNC(C)c2ccc(Br)cc2)cn1. The van der Waals surface area contributed by atoms with Gasteiger partial charge in [-0.1, -0.05) is 28.1 Å². The van der Waals surface area contributed by atoms with E-state index < -0.39 is 0 Å². The Morgan fingerprint density at radius 1 is 1.17 bits per heavy atom. The Morgan fingerprint density at radius 2 is 1.89 bits per heavy atom. The summed E-state index contributed by atoms with van der Waals surface area (Å²) in [5, 5.41) is 3.44. The second-order valence-corrected chi connectivity index (χ2v) is 5.22. The summed E-state index contributed by atoms with van der Waals surface area (Å²) in [5.41, 5.74) is 3.17. The van der Waals surface area contributed by atoms with Crippen LogP contribution in [0.2, 0.25) is 0 Å². The molecule has 0 saturated heterocycles. The van der Waals surface area contributed by atoms with E-state index >= 15 is 0 Å². The van der Waals surface area contributed by atoms with E-state index in [9.17, 15) is 0 Å². The highest BCUT2D eigenvalue weighted by atomic mass is 79.9. The third-order valence-corrected chi connectivity index (χ3v) is 3.32. The van der Waals surface area contributed by atoms with E-state index in [2.05, 4.69) is 62.4 Å². The van der Waals surface area contributed by atoms with Crippen LogP contribution in [0.15, 0.2) is 41.1 Å². The Labute approximate surface area is 116 Å². The lowest BCUT2D eigenvalue weighted by atomic mass is 10.1. The van der Waals surface area contributed by atoms with E-state index in [1.54, 1.807) is 6.20 Å². The Balaban J connectivity index is 1.93. The van der Waals surface area contributed by atoms with Crippen molar-refractivity contribution in [3.8, 4) is 0 Å². The third kappa shape index (κ3) is 3.62. The Kier molecular flexibility index (Phi) is 4.44. The van der Waals surface area contributed by atoms with Gasteiger partial charge >= 0.3 is 0 Å². The summed E-state index contributed by atoms with van der Waals surface area (Å²) in [7, 11) is 0. The molecule has 0 bridgehead atoms. The molecule has 1 unspecified atom stereocenters. The van der Waals surface area contributed by atoms with Gasteiger partial charge in [-0.2, -0.15) is 0 Å². The fraction of sp³-hybridized carbons (Fsp3) is 0.286. The van der Waals surface area contributed by atoms with Crippen molar-refractivity contribution >= 4 is 15.9 Å². The molecular formula is C14H16BrN3. The number of rotatable bonds is 4. The first kappa shape index (κ1) is 13.2. The number of benzene rings is 1. The molecule has 0 fully saturated rings. The molecule has 0 saturated carbocycles. The van der Waals surface area contributed by atoms with Gasteiger partial charge in [0.05, 0.1) is 11.4 Å². The summed E-state index contributed by atoms with van der Waals surface area (Å²) in [6.07, 6.45) is 3.61. The van der Waals surface area contributed by atoms with Gasteiger partial charge in [-0.3, -0.25) is 9.97 Å². The first-order valence-corrected chi connectivity index (χ1v) is 6.71. The first-order chi connectivity index (χ1) is 8.65. The molecular weight excluding hydrogens is 290 g/mol. The van der Waals surface area contributed by atoms with E-state index in [1.165, 1.54) is 5.56 Å². The van der Waals surface area contributed by atoms with Gasteiger partial charge in [-0.05, 0) is 31.5 Å². The van der Waals surface area contributed by atoms with E-state index in [0.717, 1.165) is 22.4 Å². The lowest BCUT2D eigenvalue weighted by Crippen LogP contribution is -2.18. The molecule has 0 aliphatic rings. The van der Waals surface area contributed by atoms with Crippen LogP contribution in [-0.4, -0.2) is 9.97 Å². The van der Waals surface area contributed by atoms with Crippen molar-refractivity contribution in [1.29, 1.82) is 0 Å². The van der Waals surface area contributed by atoms with Crippen LogP contribution in [0.4, 0.5) is 0 Å². The van der Waals surface area contributed by atoms with Gasteiger partial charge in [0.15, 0.2) is 0 Å². The molecule has 4 heteroatoms. The molecule has 18 heavy (non-hydrogen) atoms. The van der Waals surface area contributed by atoms with Gasteiger partial charge in [0.25, 0.3) is 0 Å². The van der Waals surface area contributed by atoms with Crippen LogP contribution in [0.3, 0.4) is 0 Å². The lowest BCUT2D eigenvalue weighted by Gasteiger charge is -2.13. The van der Waals surface area contributed by atoms with Crippen LogP contribution >= 0.6 is 15.9 Å². The van der Waals surface area contributed by atoms with Crippen LogP contribution in [0, 0.1) is 6.92 Å². The number of hydrogen-bond acceptors (Lipinski definition) is 3. The number of halogens is 1. The lowest BCUT2D eigenvalue weighted by molar-refractivity contribution is 0.566. The first-order valence-electron chi connectivity index (χ1n) is 5.91. The molecule has 0 spiro atoms. The molecule has 0 amide bonds. The van der Waals surface area contributed by atoms with Crippen LogP contribution in [0.1, 0.15) is 29.9 Å². The largest absolute Gasteiger partial charge is 0.305 e. The fourth-order valence-electron chi connectivity index (χ4n) is 1.64. The predicted octanol–water partition coefficient (Wildman–Crippen LogP) is 3.40. The Morgan fingerprint density at radius 3 is 2.50 bits per heavy atom. The molecule has 1 heterocycles. The summed E-state index contributed by atoms with van der Waals surface area (Å²) in [5.74, 6) is 0. The molecule has 1 aromatic heterocycles. The fourth-order valence-corrected chi connectivity index (χ4v) is 1.90. The van der Waals surface area contributed by atoms with Crippen molar-refractivity contribution in [1.82, 2.24) is 15.3 Å². The van der Waals surface area contributed by atoms with Gasteiger partial charge in [0, 0.05) is 29.5 Å². The summed E-state index contributed by atoms with van der Waals surface area (Å²) in [6, 6.07) is 8.63. The number of hydrogen-bond donors (Lipinski definition) is 1. The van der Waals surface area contributed by atoms with Crippen LogP contribution in [-0.2, 0) is 6.54 Å². The average Bonchev–Trinajstić information content (AvgIpc) is 2.38. The van der Waals surface area contributed by atoms with Gasteiger partial charge in [-0.25, -0.2) is 0 Å². The highest BCUT2D eigenvalue weighted by Crippen LogP contribution is 2.16. The number of nitrogens with one attached hydrogen (secondary N) is 1. The van der Waals surface area contributed by atoms with E-state index in [-0.39, 0.29) is 0 Å². The topological polar surface area (TPSA) is 37.8 Å². The standard InChI is InChI=1S/C14H16BrN3/c1-10-7-18-14(8-16-10)9-17-11(2)12-3-5-13(15)6-4-12/h3-8,11,17H,9H2,1-2H3. The Hall–Kier alpha value is -1.26. The normalized spacial score (nSPS) is 12.4. The van der Waals surface area contributed by atoms with Crippen molar-refractivity contribution in [2.24, 2.45) is 0 Å². The second kappa shape index (κ2) is 6.07. The average molecular weight is 306 g/mol. The molecule has 0 aliphatic heterocycles. The summed E-state index contributed by atoms with van der Waals surface area (Å²) in [6.45, 7) is 4.81. The summed E-state index contributed by atoms with van der Waals surface area (Å²) >= 11 is 3.44. The molecule has 0 aliphatic carbocycles. The highest BCUT2D eigenvalue weighted by molar-refractivity contribution is 9.10. The van der Waals surface area contributed by atoms with Crippen LogP contribution in [0.5, 0.6) is 0 Å². The smallest absolute Gasteiger partial charge is 0.0724 e. The van der Waals surface area contributed by atoms with Crippen LogP contribution < -0.4 is 5.32 Å². The predicted molar refractivity (Wildman–Crippen MR) is 76.2 cm³/mol. The number of aryl methyl sites for hydroxylation is 1. The molecule has 2 aromatic rings. The van der Waals surface area contributed by atoms with Gasteiger partial charge in [-0.15, -0.1) is 0 Å².